The molecular formula is C11H16O2S. The van der Waals surface area contributed by atoms with Crippen molar-refractivity contribution in [2.45, 2.75) is 33.3 Å². The van der Waals surface area contributed by atoms with Crippen molar-refractivity contribution in [1.82, 2.24) is 0 Å². The number of ether oxygens (including phenoxy) is 1. The summed E-state index contributed by atoms with van der Waals surface area (Å²) in [6, 6.07) is 1.79. The summed E-state index contributed by atoms with van der Waals surface area (Å²) in [6.45, 7) is 6.40. The first-order valence-electron chi connectivity index (χ1n) is 4.82. The summed E-state index contributed by atoms with van der Waals surface area (Å²) in [4.78, 5) is 11.2. The number of hydrogen-bond donors (Lipinski definition) is 0. The van der Waals surface area contributed by atoms with Gasteiger partial charge in [-0.25, -0.2) is 0 Å². The van der Waals surface area contributed by atoms with Crippen LogP contribution in [0.25, 0.3) is 0 Å². The Hall–Kier alpha value is -0.830. The van der Waals surface area contributed by atoms with E-state index in [9.17, 15) is 4.79 Å². The largest absolute Gasteiger partial charge is 0.490 e. The number of hydrogen-bond acceptors (Lipinski definition) is 3. The van der Waals surface area contributed by atoms with Crippen LogP contribution >= 0.6 is 11.3 Å². The number of rotatable bonds is 5. The quantitative estimate of drug-likeness (QED) is 0.699. The van der Waals surface area contributed by atoms with Crippen molar-refractivity contribution in [2.24, 2.45) is 5.92 Å². The Labute approximate surface area is 88.9 Å². The molecule has 0 fully saturated rings. The molecule has 3 heteroatoms. The smallest absolute Gasteiger partial charge is 0.160 e. The predicted molar refractivity (Wildman–Crippen MR) is 59.3 cm³/mol. The monoisotopic (exact) mass is 212 g/mol. The minimum absolute atomic E-state index is 0.212. The zero-order valence-corrected chi connectivity index (χ0v) is 9.64. The van der Waals surface area contributed by atoms with Gasteiger partial charge in [0.15, 0.2) is 6.29 Å². The molecule has 78 valence electrons. The van der Waals surface area contributed by atoms with Crippen LogP contribution < -0.4 is 4.74 Å². The Balaban J connectivity index is 2.47. The third kappa shape index (κ3) is 3.50. The van der Waals surface area contributed by atoms with Gasteiger partial charge >= 0.3 is 0 Å². The molecule has 2 nitrogen and oxygen atoms in total. The van der Waals surface area contributed by atoms with Crippen LogP contribution in [0.4, 0.5) is 0 Å². The van der Waals surface area contributed by atoms with Crippen molar-refractivity contribution >= 4 is 17.6 Å². The molecule has 0 saturated carbocycles. The Bertz CT molecular complexity index is 291. The normalized spacial score (nSPS) is 12.9. The fourth-order valence-corrected chi connectivity index (χ4v) is 2.02. The highest BCUT2D eigenvalue weighted by Crippen LogP contribution is 2.22. The summed E-state index contributed by atoms with van der Waals surface area (Å²) in [5.74, 6) is 1.44. The zero-order valence-electron chi connectivity index (χ0n) is 8.82. The highest BCUT2D eigenvalue weighted by Gasteiger charge is 2.07. The maximum Gasteiger partial charge on any atom is 0.160 e. The number of aldehydes is 1. The van der Waals surface area contributed by atoms with Gasteiger partial charge in [-0.15, -0.1) is 11.3 Å². The number of thiophene rings is 1. The van der Waals surface area contributed by atoms with Gasteiger partial charge in [-0.05, 0) is 19.3 Å². The fraction of sp³-hybridized carbons (Fsp3) is 0.545. The maximum absolute atomic E-state index is 10.4. The van der Waals surface area contributed by atoms with Gasteiger partial charge in [-0.2, -0.15) is 0 Å². The van der Waals surface area contributed by atoms with E-state index in [2.05, 4.69) is 20.8 Å². The Morgan fingerprint density at radius 3 is 2.71 bits per heavy atom. The molecule has 0 saturated heterocycles. The minimum Gasteiger partial charge on any atom is -0.490 e. The van der Waals surface area contributed by atoms with Crippen molar-refractivity contribution < 1.29 is 9.53 Å². The lowest BCUT2D eigenvalue weighted by molar-refractivity contribution is 0.112. The molecule has 0 bridgehead atoms. The molecule has 14 heavy (non-hydrogen) atoms. The van der Waals surface area contributed by atoms with Gasteiger partial charge < -0.3 is 4.74 Å². The van der Waals surface area contributed by atoms with Gasteiger partial charge in [0, 0.05) is 11.4 Å². The molecular weight excluding hydrogens is 196 g/mol. The average molecular weight is 212 g/mol. The first-order valence-corrected chi connectivity index (χ1v) is 5.70. The maximum atomic E-state index is 10.4. The average Bonchev–Trinajstić information content (AvgIpc) is 2.50. The summed E-state index contributed by atoms with van der Waals surface area (Å²) >= 11 is 1.42. The zero-order chi connectivity index (χ0) is 10.6. The molecule has 1 aromatic rings. The van der Waals surface area contributed by atoms with Crippen LogP contribution in [0.3, 0.4) is 0 Å². The van der Waals surface area contributed by atoms with Crippen LogP contribution in [-0.4, -0.2) is 12.4 Å². The second-order valence-corrected chi connectivity index (χ2v) is 4.80. The summed E-state index contributed by atoms with van der Waals surface area (Å²) in [5.41, 5.74) is 0. The van der Waals surface area contributed by atoms with Gasteiger partial charge in [0.1, 0.15) is 5.75 Å². The van der Waals surface area contributed by atoms with Crippen molar-refractivity contribution in [3.05, 3.63) is 16.3 Å². The lowest BCUT2D eigenvalue weighted by Gasteiger charge is -2.15. The molecule has 1 rings (SSSR count). The number of carbonyl (C=O) groups is 1. The van der Waals surface area contributed by atoms with Gasteiger partial charge in [-0.1, -0.05) is 13.8 Å². The molecule has 0 aliphatic carbocycles. The molecule has 1 unspecified atom stereocenters. The van der Waals surface area contributed by atoms with E-state index < -0.39 is 0 Å². The molecule has 0 radical (unpaired) electrons. The van der Waals surface area contributed by atoms with E-state index in [1.165, 1.54) is 11.3 Å². The topological polar surface area (TPSA) is 26.3 Å². The summed E-state index contributed by atoms with van der Waals surface area (Å²) < 4.78 is 5.66. The fourth-order valence-electron chi connectivity index (χ4n) is 1.40. The highest BCUT2D eigenvalue weighted by molar-refractivity contribution is 7.11. The number of carbonyl (C=O) groups excluding carboxylic acids is 1. The van der Waals surface area contributed by atoms with Crippen LogP contribution in [-0.2, 0) is 0 Å². The van der Waals surface area contributed by atoms with Gasteiger partial charge in [-0.3, -0.25) is 4.79 Å². The molecule has 0 amide bonds. The van der Waals surface area contributed by atoms with Crippen molar-refractivity contribution in [3.8, 4) is 5.75 Å². The lowest BCUT2D eigenvalue weighted by atomic mass is 10.1. The van der Waals surface area contributed by atoms with Crippen molar-refractivity contribution in [3.63, 3.8) is 0 Å². The Morgan fingerprint density at radius 1 is 1.50 bits per heavy atom. The van der Waals surface area contributed by atoms with Crippen molar-refractivity contribution in [1.29, 1.82) is 0 Å². The van der Waals surface area contributed by atoms with Crippen LogP contribution in [0.15, 0.2) is 11.4 Å². The van der Waals surface area contributed by atoms with E-state index in [1.54, 1.807) is 6.07 Å². The van der Waals surface area contributed by atoms with E-state index >= 15 is 0 Å². The molecule has 0 spiro atoms. The van der Waals surface area contributed by atoms with Crippen LogP contribution in [0.5, 0.6) is 5.75 Å². The second-order valence-electron chi connectivity index (χ2n) is 3.86. The highest BCUT2D eigenvalue weighted by atomic mass is 32.1. The molecule has 0 aliphatic rings. The molecule has 0 N–H and O–H groups in total. The predicted octanol–water partition coefficient (Wildman–Crippen LogP) is 3.37. The van der Waals surface area contributed by atoms with Crippen LogP contribution in [0, 0.1) is 5.92 Å². The summed E-state index contributed by atoms with van der Waals surface area (Å²) in [6.07, 6.45) is 2.10. The molecule has 1 aromatic heterocycles. The molecule has 0 aromatic carbocycles. The van der Waals surface area contributed by atoms with Gasteiger partial charge in [0.25, 0.3) is 0 Å². The Kier molecular flexibility index (Phi) is 4.14. The van der Waals surface area contributed by atoms with E-state index in [0.29, 0.717) is 5.92 Å². The standard InChI is InChI=1S/C11H16O2S/c1-8(2)4-9(3)13-10-5-11(6-12)14-7-10/h5-9H,4H2,1-3H3. The van der Waals surface area contributed by atoms with Crippen LogP contribution in [0.2, 0.25) is 0 Å². The van der Waals surface area contributed by atoms with Crippen molar-refractivity contribution in [2.75, 3.05) is 0 Å². The van der Waals surface area contributed by atoms with E-state index in [4.69, 9.17) is 4.74 Å². The van der Waals surface area contributed by atoms with E-state index in [0.717, 1.165) is 23.3 Å². The first kappa shape index (κ1) is 11.2. The van der Waals surface area contributed by atoms with E-state index in [-0.39, 0.29) is 6.10 Å². The minimum atomic E-state index is 0.212. The lowest BCUT2D eigenvalue weighted by Crippen LogP contribution is -2.13. The molecule has 0 aliphatic heterocycles. The SMILES string of the molecule is CC(C)CC(C)Oc1csc(C=O)c1. The second kappa shape index (κ2) is 5.15. The third-order valence-corrected chi connectivity index (χ3v) is 2.69. The third-order valence-electron chi connectivity index (χ3n) is 1.85. The van der Waals surface area contributed by atoms with Gasteiger partial charge in [0.05, 0.1) is 11.0 Å². The molecule has 1 heterocycles. The Morgan fingerprint density at radius 2 is 2.21 bits per heavy atom. The summed E-state index contributed by atoms with van der Waals surface area (Å²) in [5, 5.41) is 1.88. The van der Waals surface area contributed by atoms with E-state index in [1.807, 2.05) is 5.38 Å². The van der Waals surface area contributed by atoms with Crippen LogP contribution in [0.1, 0.15) is 36.9 Å². The van der Waals surface area contributed by atoms with Gasteiger partial charge in [0.2, 0.25) is 0 Å². The first-order chi connectivity index (χ1) is 6.61. The summed E-state index contributed by atoms with van der Waals surface area (Å²) in [7, 11) is 0. The molecule has 1 atom stereocenters.